The molecule has 1 unspecified atom stereocenters. The highest BCUT2D eigenvalue weighted by Crippen LogP contribution is 2.25. The summed E-state index contributed by atoms with van der Waals surface area (Å²) >= 11 is 5.69. The lowest BCUT2D eigenvalue weighted by molar-refractivity contribution is -0.00278. The van der Waals surface area contributed by atoms with Crippen LogP contribution in [0.3, 0.4) is 0 Å². The van der Waals surface area contributed by atoms with Crippen molar-refractivity contribution < 1.29 is 17.5 Å². The van der Waals surface area contributed by atoms with Gasteiger partial charge in [0, 0.05) is 18.7 Å². The molecule has 4 nitrogen and oxygen atoms in total. The zero-order chi connectivity index (χ0) is 15.6. The van der Waals surface area contributed by atoms with E-state index >= 15 is 0 Å². The molecule has 0 amide bonds. The number of halogens is 2. The third-order valence-corrected chi connectivity index (χ3v) is 5.77. The lowest BCUT2D eigenvalue weighted by atomic mass is 10.1. The number of aryl methyl sites for hydroxylation is 1. The summed E-state index contributed by atoms with van der Waals surface area (Å²) in [5.74, 6) is -0.506. The molecule has 118 valence electrons. The van der Waals surface area contributed by atoms with Crippen molar-refractivity contribution in [3.63, 3.8) is 0 Å². The summed E-state index contributed by atoms with van der Waals surface area (Å²) in [5, 5.41) is 0. The molecule has 1 fully saturated rings. The van der Waals surface area contributed by atoms with Gasteiger partial charge in [-0.1, -0.05) is 6.92 Å². The zero-order valence-corrected chi connectivity index (χ0v) is 13.7. The minimum absolute atomic E-state index is 0.0588. The monoisotopic (exact) mass is 335 g/mol. The zero-order valence-electron chi connectivity index (χ0n) is 12.1. The highest BCUT2D eigenvalue weighted by atomic mass is 35.5. The molecule has 1 aromatic carbocycles. The van der Waals surface area contributed by atoms with Gasteiger partial charge in [-0.3, -0.25) is 0 Å². The van der Waals surface area contributed by atoms with Gasteiger partial charge < -0.3 is 4.74 Å². The van der Waals surface area contributed by atoms with Crippen LogP contribution in [-0.2, 0) is 20.6 Å². The molecule has 1 heterocycles. The van der Waals surface area contributed by atoms with Gasteiger partial charge in [-0.25, -0.2) is 12.8 Å². The molecule has 1 aliphatic rings. The van der Waals surface area contributed by atoms with Crippen LogP contribution >= 0.6 is 11.6 Å². The van der Waals surface area contributed by atoms with E-state index in [0.717, 1.165) is 6.42 Å². The smallest absolute Gasteiger partial charge is 0.243 e. The molecule has 0 spiro atoms. The average molecular weight is 336 g/mol. The van der Waals surface area contributed by atoms with Gasteiger partial charge in [-0.2, -0.15) is 4.31 Å². The summed E-state index contributed by atoms with van der Waals surface area (Å²) in [6.45, 7) is 4.50. The first kappa shape index (κ1) is 16.7. The Morgan fingerprint density at radius 2 is 2.19 bits per heavy atom. The molecular weight excluding hydrogens is 317 g/mol. The highest BCUT2D eigenvalue weighted by Gasteiger charge is 2.30. The topological polar surface area (TPSA) is 46.6 Å². The Morgan fingerprint density at radius 1 is 1.48 bits per heavy atom. The van der Waals surface area contributed by atoms with Crippen LogP contribution in [0.15, 0.2) is 17.0 Å². The highest BCUT2D eigenvalue weighted by molar-refractivity contribution is 7.89. The van der Waals surface area contributed by atoms with E-state index in [4.69, 9.17) is 16.3 Å². The summed E-state index contributed by atoms with van der Waals surface area (Å²) in [6.07, 6.45) is 0.657. The van der Waals surface area contributed by atoms with E-state index in [9.17, 15) is 12.8 Å². The molecule has 1 saturated heterocycles. The Labute approximate surface area is 129 Å². The van der Waals surface area contributed by atoms with Crippen LogP contribution in [0.4, 0.5) is 4.39 Å². The molecule has 1 aliphatic heterocycles. The maximum absolute atomic E-state index is 13.8. The fraction of sp³-hybridized carbons (Fsp3) is 0.571. The second kappa shape index (κ2) is 6.60. The molecule has 21 heavy (non-hydrogen) atoms. The lowest BCUT2D eigenvalue weighted by Crippen LogP contribution is -2.45. The Kier molecular flexibility index (Phi) is 5.24. The quantitative estimate of drug-likeness (QED) is 0.795. The van der Waals surface area contributed by atoms with Crippen LogP contribution in [0.25, 0.3) is 0 Å². The van der Waals surface area contributed by atoms with E-state index in [1.54, 1.807) is 6.92 Å². The molecule has 1 aromatic rings. The number of sulfonamides is 1. The summed E-state index contributed by atoms with van der Waals surface area (Å²) in [7, 11) is -3.65. The van der Waals surface area contributed by atoms with Gasteiger partial charge in [-0.15, -0.1) is 11.6 Å². The molecule has 0 aromatic heterocycles. The fourth-order valence-electron chi connectivity index (χ4n) is 2.36. The molecule has 2 rings (SSSR count). The summed E-state index contributed by atoms with van der Waals surface area (Å²) in [4.78, 5) is 0.0915. The largest absolute Gasteiger partial charge is 0.375 e. The van der Waals surface area contributed by atoms with Crippen molar-refractivity contribution in [2.45, 2.75) is 37.1 Å². The minimum Gasteiger partial charge on any atom is -0.375 e. The normalized spacial score (nSPS) is 20.7. The van der Waals surface area contributed by atoms with Gasteiger partial charge in [0.25, 0.3) is 0 Å². The molecule has 0 N–H and O–H groups in total. The first-order valence-corrected chi connectivity index (χ1v) is 8.84. The standard InChI is InChI=1S/C14H19ClFNO3S/c1-3-12-9-17(4-5-20-12)21(18,19)13-6-10(2)14(16)11(7-13)8-15/h6-7,12H,3-5,8-9H2,1-2H3. The Morgan fingerprint density at radius 3 is 2.81 bits per heavy atom. The van der Waals surface area contributed by atoms with Crippen molar-refractivity contribution in [2.24, 2.45) is 0 Å². The van der Waals surface area contributed by atoms with Crippen molar-refractivity contribution in [1.82, 2.24) is 4.31 Å². The van der Waals surface area contributed by atoms with Crippen molar-refractivity contribution in [3.8, 4) is 0 Å². The first-order valence-electron chi connectivity index (χ1n) is 6.86. The SMILES string of the molecule is CCC1CN(S(=O)(=O)c2cc(C)c(F)c(CCl)c2)CCO1. The number of morpholine rings is 1. The number of hydrogen-bond donors (Lipinski definition) is 0. The number of nitrogens with zero attached hydrogens (tertiary/aromatic N) is 1. The van der Waals surface area contributed by atoms with Gasteiger partial charge in [0.2, 0.25) is 10.0 Å². The second-order valence-electron chi connectivity index (χ2n) is 5.11. The van der Waals surface area contributed by atoms with Crippen LogP contribution in [0.1, 0.15) is 24.5 Å². The number of hydrogen-bond acceptors (Lipinski definition) is 3. The molecule has 0 bridgehead atoms. The Balaban J connectivity index is 2.37. The second-order valence-corrected chi connectivity index (χ2v) is 7.32. The van der Waals surface area contributed by atoms with Crippen LogP contribution in [0, 0.1) is 12.7 Å². The number of rotatable bonds is 4. The van der Waals surface area contributed by atoms with E-state index in [0.29, 0.717) is 19.7 Å². The van der Waals surface area contributed by atoms with Gasteiger partial charge >= 0.3 is 0 Å². The molecule has 7 heteroatoms. The van der Waals surface area contributed by atoms with Gasteiger partial charge in [0.15, 0.2) is 0 Å². The van der Waals surface area contributed by atoms with Crippen molar-refractivity contribution in [1.29, 1.82) is 0 Å². The lowest BCUT2D eigenvalue weighted by Gasteiger charge is -2.31. The van der Waals surface area contributed by atoms with Gasteiger partial charge in [0.1, 0.15) is 5.82 Å². The minimum atomic E-state index is -3.65. The molecule has 0 aliphatic carbocycles. The van der Waals surface area contributed by atoms with Crippen LogP contribution in [-0.4, -0.2) is 38.5 Å². The summed E-state index contributed by atoms with van der Waals surface area (Å²) < 4.78 is 46.1. The maximum atomic E-state index is 13.8. The molecule has 0 radical (unpaired) electrons. The Bertz CT molecular complexity index is 621. The van der Waals surface area contributed by atoms with Crippen LogP contribution in [0.5, 0.6) is 0 Å². The summed E-state index contributed by atoms with van der Waals surface area (Å²) in [6, 6.07) is 2.68. The summed E-state index contributed by atoms with van der Waals surface area (Å²) in [5.41, 5.74) is 0.488. The van der Waals surface area contributed by atoms with Gasteiger partial charge in [0.05, 0.1) is 23.5 Å². The predicted octanol–water partition coefficient (Wildman–Crippen LogP) is 2.67. The van der Waals surface area contributed by atoms with E-state index in [-0.39, 0.29) is 28.0 Å². The molecular formula is C14H19ClFNO3S. The molecule has 0 saturated carbocycles. The van der Waals surface area contributed by atoms with Crippen molar-refractivity contribution in [3.05, 3.63) is 29.1 Å². The van der Waals surface area contributed by atoms with Crippen LogP contribution in [0.2, 0.25) is 0 Å². The predicted molar refractivity (Wildman–Crippen MR) is 79.5 cm³/mol. The van der Waals surface area contributed by atoms with Crippen LogP contribution < -0.4 is 0 Å². The van der Waals surface area contributed by atoms with E-state index in [1.165, 1.54) is 16.4 Å². The van der Waals surface area contributed by atoms with E-state index in [1.807, 2.05) is 6.92 Å². The Hall–Kier alpha value is -0.690. The van der Waals surface area contributed by atoms with Crippen molar-refractivity contribution in [2.75, 3.05) is 19.7 Å². The van der Waals surface area contributed by atoms with Crippen molar-refractivity contribution >= 4 is 21.6 Å². The third kappa shape index (κ3) is 3.39. The number of ether oxygens (including phenoxy) is 1. The maximum Gasteiger partial charge on any atom is 0.243 e. The number of benzene rings is 1. The van der Waals surface area contributed by atoms with Gasteiger partial charge in [-0.05, 0) is 31.0 Å². The average Bonchev–Trinajstić information content (AvgIpc) is 2.49. The fourth-order valence-corrected chi connectivity index (χ4v) is 4.15. The first-order chi connectivity index (χ1) is 9.90. The number of alkyl halides is 1. The van der Waals surface area contributed by atoms with E-state index < -0.39 is 15.8 Å². The van der Waals surface area contributed by atoms with E-state index in [2.05, 4.69) is 0 Å². The molecule has 1 atom stereocenters. The third-order valence-electron chi connectivity index (χ3n) is 3.64.